The fraction of sp³-hybridized carbons (Fsp3) is 0.480. The van der Waals surface area contributed by atoms with Crippen molar-refractivity contribution < 1.29 is 14.3 Å². The Morgan fingerprint density at radius 1 is 1.13 bits per heavy atom. The lowest BCUT2D eigenvalue weighted by atomic mass is 9.99. The molecule has 0 aliphatic carbocycles. The summed E-state index contributed by atoms with van der Waals surface area (Å²) in [5.74, 6) is 2.18. The van der Waals surface area contributed by atoms with Crippen molar-refractivity contribution in [3.63, 3.8) is 0 Å². The van der Waals surface area contributed by atoms with Gasteiger partial charge in [-0.1, -0.05) is 25.1 Å². The molecule has 162 valence electrons. The minimum absolute atomic E-state index is 0.0165. The highest BCUT2D eigenvalue weighted by Crippen LogP contribution is 2.28. The SMILES string of the molecule is COc1ccc(CCC(=O)N[C@H](C)c2ccc(N3CCC[C@H](C)C3)cc2)cc1OC. The predicted molar refractivity (Wildman–Crippen MR) is 121 cm³/mol. The largest absolute Gasteiger partial charge is 0.493 e. The zero-order chi connectivity index (χ0) is 21.5. The average molecular weight is 411 g/mol. The number of amides is 1. The van der Waals surface area contributed by atoms with E-state index >= 15 is 0 Å². The summed E-state index contributed by atoms with van der Waals surface area (Å²) in [4.78, 5) is 14.9. The molecule has 2 aromatic rings. The number of anilines is 1. The maximum absolute atomic E-state index is 12.5. The maximum Gasteiger partial charge on any atom is 0.220 e. The van der Waals surface area contributed by atoms with Gasteiger partial charge in [0.05, 0.1) is 20.3 Å². The molecule has 0 unspecified atom stereocenters. The normalized spacial score (nSPS) is 17.3. The highest BCUT2D eigenvalue weighted by Gasteiger charge is 2.17. The first-order valence-corrected chi connectivity index (χ1v) is 10.8. The smallest absolute Gasteiger partial charge is 0.220 e. The van der Waals surface area contributed by atoms with Gasteiger partial charge in [0.2, 0.25) is 5.91 Å². The van der Waals surface area contributed by atoms with E-state index < -0.39 is 0 Å². The van der Waals surface area contributed by atoms with E-state index in [-0.39, 0.29) is 11.9 Å². The third kappa shape index (κ3) is 5.68. The number of hydrogen-bond acceptors (Lipinski definition) is 4. The van der Waals surface area contributed by atoms with E-state index in [0.29, 0.717) is 24.3 Å². The minimum atomic E-state index is -0.0165. The van der Waals surface area contributed by atoms with Gasteiger partial charge in [0, 0.05) is 25.2 Å². The van der Waals surface area contributed by atoms with Gasteiger partial charge in [-0.05, 0) is 67.5 Å². The molecule has 2 atom stereocenters. The molecule has 0 bridgehead atoms. The van der Waals surface area contributed by atoms with Crippen LogP contribution in [0, 0.1) is 5.92 Å². The number of methoxy groups -OCH3 is 2. The highest BCUT2D eigenvalue weighted by molar-refractivity contribution is 5.76. The van der Waals surface area contributed by atoms with Crippen LogP contribution in [0.15, 0.2) is 42.5 Å². The monoisotopic (exact) mass is 410 g/mol. The van der Waals surface area contributed by atoms with Crippen LogP contribution in [0.25, 0.3) is 0 Å². The zero-order valence-corrected chi connectivity index (χ0v) is 18.6. The summed E-state index contributed by atoms with van der Waals surface area (Å²) in [6.45, 7) is 6.61. The third-order valence-corrected chi connectivity index (χ3v) is 5.88. The summed E-state index contributed by atoms with van der Waals surface area (Å²) in [6, 6.07) is 14.4. The van der Waals surface area contributed by atoms with Crippen molar-refractivity contribution in [3.05, 3.63) is 53.6 Å². The first-order valence-electron chi connectivity index (χ1n) is 10.8. The van der Waals surface area contributed by atoms with Crippen LogP contribution in [0.5, 0.6) is 11.5 Å². The molecule has 1 fully saturated rings. The van der Waals surface area contributed by atoms with Crippen LogP contribution < -0.4 is 19.7 Å². The summed E-state index contributed by atoms with van der Waals surface area (Å²) in [5, 5.41) is 3.12. The molecule has 0 aromatic heterocycles. The molecule has 30 heavy (non-hydrogen) atoms. The van der Waals surface area contributed by atoms with Crippen LogP contribution in [0.2, 0.25) is 0 Å². The van der Waals surface area contributed by atoms with Gasteiger partial charge in [0.1, 0.15) is 0 Å². The predicted octanol–water partition coefficient (Wildman–Crippen LogP) is 4.75. The number of rotatable bonds is 8. The molecule has 0 radical (unpaired) electrons. The highest BCUT2D eigenvalue weighted by atomic mass is 16.5. The molecule has 1 aliphatic heterocycles. The van der Waals surface area contributed by atoms with Crippen LogP contribution in [0.4, 0.5) is 5.69 Å². The molecular weight excluding hydrogens is 376 g/mol. The molecule has 1 N–H and O–H groups in total. The second-order valence-corrected chi connectivity index (χ2v) is 8.26. The molecule has 5 nitrogen and oxygen atoms in total. The lowest BCUT2D eigenvalue weighted by Crippen LogP contribution is -2.34. The van der Waals surface area contributed by atoms with E-state index in [4.69, 9.17) is 9.47 Å². The first kappa shape index (κ1) is 22.0. The van der Waals surface area contributed by atoms with Gasteiger partial charge in [-0.15, -0.1) is 0 Å². The lowest BCUT2D eigenvalue weighted by Gasteiger charge is -2.33. The molecule has 0 saturated carbocycles. The van der Waals surface area contributed by atoms with Gasteiger partial charge in [0.25, 0.3) is 0 Å². The Labute approximate surface area is 180 Å². The molecule has 0 spiro atoms. The summed E-state index contributed by atoms with van der Waals surface area (Å²) in [5.41, 5.74) is 3.45. The summed E-state index contributed by atoms with van der Waals surface area (Å²) < 4.78 is 10.6. The van der Waals surface area contributed by atoms with Crippen molar-refractivity contribution in [2.75, 3.05) is 32.2 Å². The Morgan fingerprint density at radius 3 is 2.53 bits per heavy atom. The second kappa shape index (κ2) is 10.4. The van der Waals surface area contributed by atoms with Gasteiger partial charge >= 0.3 is 0 Å². The number of aryl methyl sites for hydroxylation is 1. The van der Waals surface area contributed by atoms with Crippen LogP contribution in [0.1, 0.15) is 50.3 Å². The number of carbonyl (C=O) groups is 1. The number of piperidine rings is 1. The second-order valence-electron chi connectivity index (χ2n) is 8.26. The Kier molecular flexibility index (Phi) is 7.61. The molecule has 1 saturated heterocycles. The van der Waals surface area contributed by atoms with E-state index in [1.165, 1.54) is 18.5 Å². The molecule has 3 rings (SSSR count). The Morgan fingerprint density at radius 2 is 1.87 bits per heavy atom. The number of nitrogens with one attached hydrogen (secondary N) is 1. The number of nitrogens with zero attached hydrogens (tertiary/aromatic N) is 1. The number of benzene rings is 2. The lowest BCUT2D eigenvalue weighted by molar-refractivity contribution is -0.121. The van der Waals surface area contributed by atoms with Gasteiger partial charge < -0.3 is 19.7 Å². The van der Waals surface area contributed by atoms with Crippen LogP contribution >= 0.6 is 0 Å². The number of carbonyl (C=O) groups excluding carboxylic acids is 1. The quantitative estimate of drug-likeness (QED) is 0.682. The van der Waals surface area contributed by atoms with E-state index in [1.807, 2.05) is 25.1 Å². The molecule has 1 heterocycles. The van der Waals surface area contributed by atoms with Crippen molar-refractivity contribution in [1.29, 1.82) is 0 Å². The fourth-order valence-corrected chi connectivity index (χ4v) is 4.09. The van der Waals surface area contributed by atoms with Crippen LogP contribution in [-0.4, -0.2) is 33.2 Å². The molecule has 5 heteroatoms. The van der Waals surface area contributed by atoms with Crippen molar-refractivity contribution in [2.45, 2.75) is 45.6 Å². The molecule has 2 aromatic carbocycles. The Balaban J connectivity index is 1.51. The Bertz CT molecular complexity index is 835. The van der Waals surface area contributed by atoms with Crippen LogP contribution in [-0.2, 0) is 11.2 Å². The standard InChI is InChI=1S/C25H34N2O3/c1-18-6-5-15-27(17-18)22-11-9-21(10-12-22)19(2)26-25(28)14-8-20-7-13-23(29-3)24(16-20)30-4/h7,9-13,16,18-19H,5-6,8,14-15,17H2,1-4H3,(H,26,28)/t18-,19+/m0/s1. The van der Waals surface area contributed by atoms with E-state index in [0.717, 1.165) is 30.1 Å². The van der Waals surface area contributed by atoms with Crippen molar-refractivity contribution >= 4 is 11.6 Å². The average Bonchev–Trinajstić information content (AvgIpc) is 2.77. The zero-order valence-electron chi connectivity index (χ0n) is 18.6. The molecule has 1 amide bonds. The maximum atomic E-state index is 12.5. The van der Waals surface area contributed by atoms with Crippen molar-refractivity contribution in [1.82, 2.24) is 5.32 Å². The molecular formula is C25H34N2O3. The topological polar surface area (TPSA) is 50.8 Å². The first-order chi connectivity index (χ1) is 14.5. The minimum Gasteiger partial charge on any atom is -0.493 e. The van der Waals surface area contributed by atoms with Crippen molar-refractivity contribution in [3.8, 4) is 11.5 Å². The van der Waals surface area contributed by atoms with Gasteiger partial charge in [-0.2, -0.15) is 0 Å². The summed E-state index contributed by atoms with van der Waals surface area (Å²) in [6.07, 6.45) is 3.67. The van der Waals surface area contributed by atoms with E-state index in [9.17, 15) is 4.79 Å². The Hall–Kier alpha value is -2.69. The van der Waals surface area contributed by atoms with Gasteiger partial charge in [-0.3, -0.25) is 4.79 Å². The fourth-order valence-electron chi connectivity index (χ4n) is 4.09. The van der Waals surface area contributed by atoms with Gasteiger partial charge in [-0.25, -0.2) is 0 Å². The molecule has 1 aliphatic rings. The van der Waals surface area contributed by atoms with Gasteiger partial charge in [0.15, 0.2) is 11.5 Å². The van der Waals surface area contributed by atoms with Crippen LogP contribution in [0.3, 0.4) is 0 Å². The van der Waals surface area contributed by atoms with E-state index in [2.05, 4.69) is 41.4 Å². The van der Waals surface area contributed by atoms with Crippen molar-refractivity contribution in [2.24, 2.45) is 5.92 Å². The summed E-state index contributed by atoms with van der Waals surface area (Å²) in [7, 11) is 3.24. The summed E-state index contributed by atoms with van der Waals surface area (Å²) >= 11 is 0. The number of ether oxygens (including phenoxy) is 2. The van der Waals surface area contributed by atoms with E-state index in [1.54, 1.807) is 14.2 Å². The third-order valence-electron chi connectivity index (χ3n) is 5.88. The number of hydrogen-bond donors (Lipinski definition) is 1.